The SMILES string of the molecule is O=C(Cc1ccccn1)NCC[C@H]1CC[C@H](NS(=O)(=O)c2ccc(F)cc2)[C@@H](CO)O1. The van der Waals surface area contributed by atoms with Crippen molar-refractivity contribution in [1.82, 2.24) is 15.0 Å². The number of ether oxygens (including phenoxy) is 1. The maximum absolute atomic E-state index is 13.1. The van der Waals surface area contributed by atoms with Crippen molar-refractivity contribution in [3.05, 3.63) is 60.2 Å². The van der Waals surface area contributed by atoms with Gasteiger partial charge in [-0.25, -0.2) is 17.5 Å². The molecule has 0 saturated carbocycles. The highest BCUT2D eigenvalue weighted by molar-refractivity contribution is 7.89. The third-order valence-corrected chi connectivity index (χ3v) is 6.59. The number of halogens is 1. The van der Waals surface area contributed by atoms with Crippen LogP contribution < -0.4 is 10.0 Å². The van der Waals surface area contributed by atoms with Crippen LogP contribution in [0.2, 0.25) is 0 Å². The van der Waals surface area contributed by atoms with Crippen molar-refractivity contribution >= 4 is 15.9 Å². The Labute approximate surface area is 180 Å². The number of nitrogens with one attached hydrogen (secondary N) is 2. The van der Waals surface area contributed by atoms with Crippen LogP contribution in [0.3, 0.4) is 0 Å². The third-order valence-electron chi connectivity index (χ3n) is 5.08. The summed E-state index contributed by atoms with van der Waals surface area (Å²) in [5.74, 6) is -0.665. The van der Waals surface area contributed by atoms with Gasteiger partial charge < -0.3 is 15.2 Å². The van der Waals surface area contributed by atoms with Crippen molar-refractivity contribution in [1.29, 1.82) is 0 Å². The number of carbonyl (C=O) groups excluding carboxylic acids is 1. The normalized spacial score (nSPS) is 21.5. The number of aromatic nitrogens is 1. The Kier molecular flexibility index (Phi) is 8.08. The number of benzene rings is 1. The first-order valence-electron chi connectivity index (χ1n) is 10.1. The Bertz CT molecular complexity index is 957. The first-order valence-corrected chi connectivity index (χ1v) is 11.6. The van der Waals surface area contributed by atoms with E-state index in [9.17, 15) is 22.7 Å². The van der Waals surface area contributed by atoms with Gasteiger partial charge in [0.05, 0.1) is 36.2 Å². The Hall–Kier alpha value is -2.40. The number of rotatable bonds is 9. The minimum Gasteiger partial charge on any atom is -0.394 e. The van der Waals surface area contributed by atoms with E-state index in [2.05, 4.69) is 15.0 Å². The van der Waals surface area contributed by atoms with Crippen molar-refractivity contribution < 1.29 is 27.4 Å². The first-order chi connectivity index (χ1) is 14.9. The molecule has 1 aliphatic heterocycles. The van der Waals surface area contributed by atoms with Gasteiger partial charge in [-0.1, -0.05) is 6.07 Å². The van der Waals surface area contributed by atoms with Crippen LogP contribution in [-0.2, 0) is 26.0 Å². The molecule has 0 aliphatic carbocycles. The molecule has 3 rings (SSSR count). The molecule has 0 radical (unpaired) electrons. The average Bonchev–Trinajstić information content (AvgIpc) is 2.75. The molecule has 168 valence electrons. The number of nitrogens with zero attached hydrogens (tertiary/aromatic N) is 1. The van der Waals surface area contributed by atoms with E-state index in [-0.39, 0.29) is 29.9 Å². The van der Waals surface area contributed by atoms with Gasteiger partial charge in [0.2, 0.25) is 15.9 Å². The van der Waals surface area contributed by atoms with E-state index in [1.165, 1.54) is 12.1 Å². The average molecular weight is 452 g/mol. The fraction of sp³-hybridized carbons (Fsp3) is 0.429. The summed E-state index contributed by atoms with van der Waals surface area (Å²) in [5.41, 5.74) is 0.686. The van der Waals surface area contributed by atoms with Gasteiger partial charge in [-0.3, -0.25) is 9.78 Å². The standard InChI is InChI=1S/C21H26FN3O5S/c22-15-4-7-18(8-5-15)31(28,29)25-19-9-6-17(30-20(19)14-26)10-12-24-21(27)13-16-3-1-2-11-23-16/h1-5,7-8,11,17,19-20,25-26H,6,9-10,12-14H2,(H,24,27)/t17-,19+,20-/m1/s1. The van der Waals surface area contributed by atoms with Crippen LogP contribution in [0.5, 0.6) is 0 Å². The summed E-state index contributed by atoms with van der Waals surface area (Å²) in [6.07, 6.45) is 2.49. The molecule has 1 aliphatic rings. The van der Waals surface area contributed by atoms with Gasteiger partial charge in [0.25, 0.3) is 0 Å². The number of aliphatic hydroxyl groups is 1. The Balaban J connectivity index is 1.46. The van der Waals surface area contributed by atoms with Crippen LogP contribution in [0, 0.1) is 5.82 Å². The zero-order chi connectivity index (χ0) is 22.3. The monoisotopic (exact) mass is 451 g/mol. The molecule has 1 saturated heterocycles. The van der Waals surface area contributed by atoms with Crippen molar-refractivity contribution in [2.45, 2.75) is 48.8 Å². The summed E-state index contributed by atoms with van der Waals surface area (Å²) in [6.45, 7) is 0.0552. The Morgan fingerprint density at radius 3 is 2.65 bits per heavy atom. The maximum Gasteiger partial charge on any atom is 0.240 e. The summed E-state index contributed by atoms with van der Waals surface area (Å²) in [4.78, 5) is 16.1. The molecule has 31 heavy (non-hydrogen) atoms. The minimum absolute atomic E-state index is 0.0525. The largest absolute Gasteiger partial charge is 0.394 e. The number of hydrogen-bond acceptors (Lipinski definition) is 6. The van der Waals surface area contributed by atoms with Gasteiger partial charge in [-0.15, -0.1) is 0 Å². The van der Waals surface area contributed by atoms with Crippen LogP contribution >= 0.6 is 0 Å². The van der Waals surface area contributed by atoms with E-state index in [1.54, 1.807) is 18.3 Å². The molecular formula is C21H26FN3O5S. The van der Waals surface area contributed by atoms with E-state index in [1.807, 2.05) is 6.07 Å². The summed E-state index contributed by atoms with van der Waals surface area (Å²) in [6, 6.07) is 9.31. The zero-order valence-corrected chi connectivity index (χ0v) is 17.7. The number of carbonyl (C=O) groups is 1. The molecule has 3 N–H and O–H groups in total. The van der Waals surface area contributed by atoms with Gasteiger partial charge >= 0.3 is 0 Å². The van der Waals surface area contributed by atoms with Crippen molar-refractivity contribution in [2.24, 2.45) is 0 Å². The second-order valence-corrected chi connectivity index (χ2v) is 9.09. The van der Waals surface area contributed by atoms with Crippen LogP contribution in [0.4, 0.5) is 4.39 Å². The molecular weight excluding hydrogens is 425 g/mol. The number of pyridine rings is 1. The second kappa shape index (κ2) is 10.8. The molecule has 2 heterocycles. The highest BCUT2D eigenvalue weighted by Gasteiger charge is 2.33. The topological polar surface area (TPSA) is 118 Å². The summed E-state index contributed by atoms with van der Waals surface area (Å²) < 4.78 is 46.5. The van der Waals surface area contributed by atoms with Crippen LogP contribution in [0.1, 0.15) is 25.0 Å². The van der Waals surface area contributed by atoms with E-state index in [0.717, 1.165) is 12.1 Å². The first kappa shape index (κ1) is 23.3. The predicted octanol–water partition coefficient (Wildman–Crippen LogP) is 1.16. The number of hydrogen-bond donors (Lipinski definition) is 3. The lowest BCUT2D eigenvalue weighted by Crippen LogP contribution is -2.51. The molecule has 1 aromatic heterocycles. The highest BCUT2D eigenvalue weighted by atomic mass is 32.2. The van der Waals surface area contributed by atoms with E-state index < -0.39 is 28.0 Å². The third kappa shape index (κ3) is 6.79. The molecule has 10 heteroatoms. The highest BCUT2D eigenvalue weighted by Crippen LogP contribution is 2.23. The maximum atomic E-state index is 13.1. The van der Waals surface area contributed by atoms with Gasteiger partial charge in [0.15, 0.2) is 0 Å². The summed E-state index contributed by atoms with van der Waals surface area (Å²) in [7, 11) is -3.87. The lowest BCUT2D eigenvalue weighted by atomic mass is 9.98. The molecule has 0 unspecified atom stereocenters. The second-order valence-electron chi connectivity index (χ2n) is 7.37. The zero-order valence-electron chi connectivity index (χ0n) is 16.9. The molecule has 8 nitrogen and oxygen atoms in total. The number of amides is 1. The lowest BCUT2D eigenvalue weighted by Gasteiger charge is -2.36. The van der Waals surface area contributed by atoms with E-state index in [4.69, 9.17) is 4.74 Å². The van der Waals surface area contributed by atoms with E-state index in [0.29, 0.717) is 31.5 Å². The molecule has 0 spiro atoms. The van der Waals surface area contributed by atoms with Crippen LogP contribution in [0.25, 0.3) is 0 Å². The summed E-state index contributed by atoms with van der Waals surface area (Å²) in [5, 5.41) is 12.5. The van der Waals surface area contributed by atoms with Crippen molar-refractivity contribution in [3.8, 4) is 0 Å². The smallest absolute Gasteiger partial charge is 0.240 e. The number of sulfonamides is 1. The Morgan fingerprint density at radius 1 is 1.19 bits per heavy atom. The minimum atomic E-state index is -3.87. The van der Waals surface area contributed by atoms with Crippen molar-refractivity contribution in [2.75, 3.05) is 13.2 Å². The van der Waals surface area contributed by atoms with Gasteiger partial charge in [-0.05, 0) is 55.7 Å². The van der Waals surface area contributed by atoms with Crippen molar-refractivity contribution in [3.63, 3.8) is 0 Å². The number of aliphatic hydroxyl groups excluding tert-OH is 1. The van der Waals surface area contributed by atoms with Gasteiger partial charge in [-0.2, -0.15) is 0 Å². The quantitative estimate of drug-likeness (QED) is 0.527. The van der Waals surface area contributed by atoms with Crippen LogP contribution in [0.15, 0.2) is 53.6 Å². The summed E-state index contributed by atoms with van der Waals surface area (Å²) >= 11 is 0. The molecule has 3 atom stereocenters. The fourth-order valence-corrected chi connectivity index (χ4v) is 4.76. The fourth-order valence-electron chi connectivity index (χ4n) is 3.46. The van der Waals surface area contributed by atoms with E-state index >= 15 is 0 Å². The predicted molar refractivity (Wildman–Crippen MR) is 111 cm³/mol. The van der Waals surface area contributed by atoms with Gasteiger partial charge in [0.1, 0.15) is 5.82 Å². The van der Waals surface area contributed by atoms with Crippen LogP contribution in [-0.4, -0.2) is 55.8 Å². The molecule has 1 fully saturated rings. The molecule has 1 amide bonds. The van der Waals surface area contributed by atoms with Gasteiger partial charge in [0, 0.05) is 18.4 Å². The Morgan fingerprint density at radius 2 is 1.97 bits per heavy atom. The molecule has 1 aromatic carbocycles. The lowest BCUT2D eigenvalue weighted by molar-refractivity contribution is -0.121. The molecule has 0 bridgehead atoms. The molecule has 2 aromatic rings.